The van der Waals surface area contributed by atoms with E-state index in [2.05, 4.69) is 32.6 Å². The second-order valence-electron chi connectivity index (χ2n) is 6.15. The summed E-state index contributed by atoms with van der Waals surface area (Å²) in [7, 11) is 0. The van der Waals surface area contributed by atoms with Crippen molar-refractivity contribution in [2.75, 3.05) is 13.1 Å². The van der Waals surface area contributed by atoms with Crippen molar-refractivity contribution in [1.82, 2.24) is 4.90 Å². The Morgan fingerprint density at radius 3 is 2.53 bits per heavy atom. The van der Waals surface area contributed by atoms with E-state index < -0.39 is 0 Å². The zero-order valence-corrected chi connectivity index (χ0v) is 10.7. The lowest BCUT2D eigenvalue weighted by atomic mass is 9.91. The lowest BCUT2D eigenvalue weighted by molar-refractivity contribution is -0.133. The van der Waals surface area contributed by atoms with Crippen molar-refractivity contribution in [3.05, 3.63) is 0 Å². The average molecular weight is 211 g/mol. The van der Waals surface area contributed by atoms with Gasteiger partial charge >= 0.3 is 0 Å². The van der Waals surface area contributed by atoms with Crippen LogP contribution in [0.1, 0.15) is 53.4 Å². The fraction of sp³-hybridized carbons (Fsp3) is 0.923. The fourth-order valence-corrected chi connectivity index (χ4v) is 2.08. The molecule has 1 aliphatic rings. The van der Waals surface area contributed by atoms with E-state index in [1.165, 1.54) is 19.3 Å². The first-order chi connectivity index (χ1) is 6.88. The zero-order valence-electron chi connectivity index (χ0n) is 10.7. The van der Waals surface area contributed by atoms with Crippen LogP contribution in [0.5, 0.6) is 0 Å². The van der Waals surface area contributed by atoms with Crippen molar-refractivity contribution in [1.29, 1.82) is 0 Å². The molecule has 1 fully saturated rings. The quantitative estimate of drug-likeness (QED) is 0.652. The van der Waals surface area contributed by atoms with Crippen molar-refractivity contribution in [3.8, 4) is 0 Å². The highest BCUT2D eigenvalue weighted by Crippen LogP contribution is 2.22. The molecule has 0 aromatic heterocycles. The summed E-state index contributed by atoms with van der Waals surface area (Å²) in [6, 6.07) is 0. The molecule has 1 amide bonds. The van der Waals surface area contributed by atoms with Crippen LogP contribution in [0, 0.1) is 11.3 Å². The van der Waals surface area contributed by atoms with Gasteiger partial charge in [0.15, 0.2) is 0 Å². The molecule has 1 atom stereocenters. The highest BCUT2D eigenvalue weighted by molar-refractivity contribution is 5.76. The van der Waals surface area contributed by atoms with Crippen molar-refractivity contribution in [2.24, 2.45) is 11.3 Å². The third-order valence-electron chi connectivity index (χ3n) is 3.05. The van der Waals surface area contributed by atoms with Crippen LogP contribution in [-0.2, 0) is 4.79 Å². The molecule has 15 heavy (non-hydrogen) atoms. The number of nitrogens with zero attached hydrogens (tertiary/aromatic N) is 1. The number of likely N-dealkylation sites (tertiary alicyclic amines) is 1. The summed E-state index contributed by atoms with van der Waals surface area (Å²) in [5.41, 5.74) is 0.120. The van der Waals surface area contributed by atoms with Crippen LogP contribution in [0.15, 0.2) is 0 Å². The minimum Gasteiger partial charge on any atom is -0.343 e. The van der Waals surface area contributed by atoms with E-state index in [0.717, 1.165) is 19.0 Å². The van der Waals surface area contributed by atoms with E-state index in [1.807, 2.05) is 0 Å². The highest BCUT2D eigenvalue weighted by Gasteiger charge is 2.22. The normalized spacial score (nSPS) is 23.7. The average Bonchev–Trinajstić information content (AvgIpc) is 2.26. The Bertz CT molecular complexity index is 217. The molecule has 1 saturated heterocycles. The standard InChI is InChI=1S/C13H25NO/c1-11-6-5-8-14(9-7-11)12(15)10-13(2,3)4/h11H,5-10H2,1-4H3. The Labute approximate surface area is 94.0 Å². The molecule has 0 radical (unpaired) electrons. The molecular formula is C13H25NO. The molecule has 0 aliphatic carbocycles. The van der Waals surface area contributed by atoms with Crippen LogP contribution in [0.4, 0.5) is 0 Å². The van der Waals surface area contributed by atoms with Crippen LogP contribution in [0.2, 0.25) is 0 Å². The molecule has 0 saturated carbocycles. The topological polar surface area (TPSA) is 20.3 Å². The predicted octanol–water partition coefficient (Wildman–Crippen LogP) is 3.07. The van der Waals surface area contributed by atoms with Crippen molar-refractivity contribution in [3.63, 3.8) is 0 Å². The SMILES string of the molecule is CC1CCCN(C(=O)CC(C)(C)C)CC1. The van der Waals surface area contributed by atoms with Crippen LogP contribution < -0.4 is 0 Å². The van der Waals surface area contributed by atoms with Gasteiger partial charge in [-0.25, -0.2) is 0 Å². The van der Waals surface area contributed by atoms with Gasteiger partial charge in [-0.3, -0.25) is 4.79 Å². The summed E-state index contributed by atoms with van der Waals surface area (Å²) in [6.07, 6.45) is 4.31. The molecule has 1 unspecified atom stereocenters. The van der Waals surface area contributed by atoms with E-state index >= 15 is 0 Å². The van der Waals surface area contributed by atoms with Gasteiger partial charge in [0.25, 0.3) is 0 Å². The summed E-state index contributed by atoms with van der Waals surface area (Å²) in [6.45, 7) is 10.6. The van der Waals surface area contributed by atoms with Crippen molar-refractivity contribution < 1.29 is 4.79 Å². The lowest BCUT2D eigenvalue weighted by Crippen LogP contribution is -2.34. The first-order valence-corrected chi connectivity index (χ1v) is 6.16. The molecule has 2 heteroatoms. The molecule has 0 aromatic carbocycles. The second-order valence-corrected chi connectivity index (χ2v) is 6.15. The summed E-state index contributed by atoms with van der Waals surface area (Å²) in [5.74, 6) is 1.13. The minimum atomic E-state index is 0.120. The minimum absolute atomic E-state index is 0.120. The maximum Gasteiger partial charge on any atom is 0.223 e. The maximum absolute atomic E-state index is 12.0. The number of hydrogen-bond donors (Lipinski definition) is 0. The molecule has 1 aliphatic heterocycles. The first-order valence-electron chi connectivity index (χ1n) is 6.16. The molecule has 1 heterocycles. The number of carbonyl (C=O) groups excluding carboxylic acids is 1. The van der Waals surface area contributed by atoms with E-state index in [9.17, 15) is 4.79 Å². The molecule has 0 N–H and O–H groups in total. The van der Waals surface area contributed by atoms with Crippen LogP contribution >= 0.6 is 0 Å². The Kier molecular flexibility index (Phi) is 4.18. The summed E-state index contributed by atoms with van der Waals surface area (Å²) >= 11 is 0. The third kappa shape index (κ3) is 4.67. The molecule has 0 aromatic rings. The van der Waals surface area contributed by atoms with E-state index in [0.29, 0.717) is 12.3 Å². The van der Waals surface area contributed by atoms with Crippen LogP contribution in [0.25, 0.3) is 0 Å². The van der Waals surface area contributed by atoms with Gasteiger partial charge in [-0.05, 0) is 30.6 Å². The van der Waals surface area contributed by atoms with Gasteiger partial charge in [0.1, 0.15) is 0 Å². The molecule has 88 valence electrons. The first kappa shape index (κ1) is 12.5. The van der Waals surface area contributed by atoms with E-state index in [4.69, 9.17) is 0 Å². The summed E-state index contributed by atoms with van der Waals surface area (Å²) in [4.78, 5) is 14.1. The number of amides is 1. The van der Waals surface area contributed by atoms with Gasteiger partial charge in [-0.15, -0.1) is 0 Å². The Morgan fingerprint density at radius 2 is 1.93 bits per heavy atom. The van der Waals surface area contributed by atoms with Crippen LogP contribution in [-0.4, -0.2) is 23.9 Å². The van der Waals surface area contributed by atoms with Gasteiger partial charge in [0.05, 0.1) is 0 Å². The summed E-state index contributed by atoms with van der Waals surface area (Å²) < 4.78 is 0. The van der Waals surface area contributed by atoms with Gasteiger partial charge in [0.2, 0.25) is 5.91 Å². The molecule has 2 nitrogen and oxygen atoms in total. The van der Waals surface area contributed by atoms with Crippen molar-refractivity contribution in [2.45, 2.75) is 53.4 Å². The Hall–Kier alpha value is -0.530. The van der Waals surface area contributed by atoms with E-state index in [1.54, 1.807) is 0 Å². The second kappa shape index (κ2) is 5.00. The van der Waals surface area contributed by atoms with Gasteiger partial charge in [0, 0.05) is 19.5 Å². The monoisotopic (exact) mass is 211 g/mol. The van der Waals surface area contributed by atoms with Gasteiger partial charge in [-0.1, -0.05) is 27.7 Å². The van der Waals surface area contributed by atoms with Gasteiger partial charge < -0.3 is 4.90 Å². The molecule has 0 spiro atoms. The zero-order chi connectivity index (χ0) is 11.5. The molecule has 1 rings (SSSR count). The number of rotatable bonds is 1. The summed E-state index contributed by atoms with van der Waals surface area (Å²) in [5, 5.41) is 0. The Morgan fingerprint density at radius 1 is 1.27 bits per heavy atom. The molecular weight excluding hydrogens is 186 g/mol. The largest absolute Gasteiger partial charge is 0.343 e. The van der Waals surface area contributed by atoms with Crippen LogP contribution in [0.3, 0.4) is 0 Å². The number of hydrogen-bond acceptors (Lipinski definition) is 1. The lowest BCUT2D eigenvalue weighted by Gasteiger charge is -2.25. The van der Waals surface area contributed by atoms with Crippen molar-refractivity contribution >= 4 is 5.91 Å². The maximum atomic E-state index is 12.0. The van der Waals surface area contributed by atoms with E-state index in [-0.39, 0.29) is 5.41 Å². The molecule has 0 bridgehead atoms. The third-order valence-corrected chi connectivity index (χ3v) is 3.05. The highest BCUT2D eigenvalue weighted by atomic mass is 16.2. The number of carbonyl (C=O) groups is 1. The smallest absolute Gasteiger partial charge is 0.223 e. The predicted molar refractivity (Wildman–Crippen MR) is 63.7 cm³/mol. The van der Waals surface area contributed by atoms with Gasteiger partial charge in [-0.2, -0.15) is 0 Å². The fourth-order valence-electron chi connectivity index (χ4n) is 2.08. The Balaban J connectivity index is 2.45.